The molecule has 2 N–H and O–H groups in total. The monoisotopic (exact) mass is 272 g/mol. The molecule has 1 atom stereocenters. The van der Waals surface area contributed by atoms with Gasteiger partial charge in [0, 0.05) is 5.54 Å². The third-order valence-corrected chi connectivity index (χ3v) is 4.52. The van der Waals surface area contributed by atoms with E-state index in [1.807, 2.05) is 13.8 Å². The van der Waals surface area contributed by atoms with Gasteiger partial charge in [-0.15, -0.1) is 0 Å². The summed E-state index contributed by atoms with van der Waals surface area (Å²) in [6.07, 6.45) is 3.29. The summed E-state index contributed by atoms with van der Waals surface area (Å²) < 4.78 is 0. The number of likely N-dealkylation sites (N-methyl/N-ethyl adjacent to an activating group) is 1. The van der Waals surface area contributed by atoms with E-state index in [2.05, 4.69) is 38.0 Å². The average Bonchev–Trinajstić information content (AvgIpc) is 2.37. The SMILES string of the molecule is CCNC(CC)(CCCN(C)C(C)(C)CC)C(=O)O. The minimum atomic E-state index is -0.758. The first-order valence-corrected chi connectivity index (χ1v) is 7.45. The van der Waals surface area contributed by atoms with Crippen LogP contribution in [0.1, 0.15) is 60.3 Å². The normalized spacial score (nSPS) is 15.5. The van der Waals surface area contributed by atoms with Crippen LogP contribution >= 0.6 is 0 Å². The molecular weight excluding hydrogens is 240 g/mol. The molecule has 0 fully saturated rings. The zero-order valence-electron chi connectivity index (χ0n) is 13.5. The molecule has 1 unspecified atom stereocenters. The van der Waals surface area contributed by atoms with E-state index in [1.54, 1.807) is 0 Å². The topological polar surface area (TPSA) is 52.6 Å². The van der Waals surface area contributed by atoms with Crippen LogP contribution in [0.25, 0.3) is 0 Å². The molecule has 114 valence electrons. The minimum Gasteiger partial charge on any atom is -0.480 e. The molecule has 19 heavy (non-hydrogen) atoms. The van der Waals surface area contributed by atoms with Crippen LogP contribution in [0, 0.1) is 0 Å². The largest absolute Gasteiger partial charge is 0.480 e. The summed E-state index contributed by atoms with van der Waals surface area (Å²) in [5, 5.41) is 12.6. The third-order valence-electron chi connectivity index (χ3n) is 4.52. The highest BCUT2D eigenvalue weighted by molar-refractivity contribution is 5.78. The quantitative estimate of drug-likeness (QED) is 0.642. The second-order valence-electron chi connectivity index (χ2n) is 5.96. The molecule has 0 rings (SSSR count). The average molecular weight is 272 g/mol. The first-order valence-electron chi connectivity index (χ1n) is 7.45. The zero-order chi connectivity index (χ0) is 15.1. The molecule has 0 aromatic carbocycles. The van der Waals surface area contributed by atoms with Crippen LogP contribution in [-0.2, 0) is 4.79 Å². The molecule has 0 aromatic heterocycles. The van der Waals surface area contributed by atoms with Gasteiger partial charge in [-0.25, -0.2) is 0 Å². The predicted octanol–water partition coefficient (Wildman–Crippen LogP) is 2.73. The lowest BCUT2D eigenvalue weighted by Gasteiger charge is -2.36. The van der Waals surface area contributed by atoms with E-state index in [0.717, 1.165) is 19.4 Å². The van der Waals surface area contributed by atoms with E-state index < -0.39 is 11.5 Å². The van der Waals surface area contributed by atoms with Crippen molar-refractivity contribution in [2.45, 2.75) is 71.4 Å². The summed E-state index contributed by atoms with van der Waals surface area (Å²) in [4.78, 5) is 13.8. The van der Waals surface area contributed by atoms with Gasteiger partial charge in [0.25, 0.3) is 0 Å². The summed E-state index contributed by atoms with van der Waals surface area (Å²) in [7, 11) is 2.12. The van der Waals surface area contributed by atoms with Crippen LogP contribution < -0.4 is 5.32 Å². The zero-order valence-corrected chi connectivity index (χ0v) is 13.5. The van der Waals surface area contributed by atoms with Gasteiger partial charge in [0.1, 0.15) is 5.54 Å². The van der Waals surface area contributed by atoms with Gasteiger partial charge >= 0.3 is 5.97 Å². The Hall–Kier alpha value is -0.610. The van der Waals surface area contributed by atoms with Gasteiger partial charge in [0.15, 0.2) is 0 Å². The summed E-state index contributed by atoms with van der Waals surface area (Å²) in [6.45, 7) is 12.2. The molecule has 0 aliphatic carbocycles. The molecule has 0 saturated carbocycles. The maximum atomic E-state index is 11.5. The molecule has 0 aliphatic heterocycles. The van der Waals surface area contributed by atoms with Crippen LogP contribution in [0.3, 0.4) is 0 Å². The van der Waals surface area contributed by atoms with Crippen molar-refractivity contribution in [1.29, 1.82) is 0 Å². The van der Waals surface area contributed by atoms with Crippen molar-refractivity contribution in [3.8, 4) is 0 Å². The smallest absolute Gasteiger partial charge is 0.323 e. The Balaban J connectivity index is 4.46. The van der Waals surface area contributed by atoms with Gasteiger partial charge in [0.2, 0.25) is 0 Å². The molecule has 0 saturated heterocycles. The number of aliphatic carboxylic acids is 1. The Kier molecular flexibility index (Phi) is 7.60. The molecule has 0 spiro atoms. The number of nitrogens with one attached hydrogen (secondary N) is 1. The number of carbonyl (C=O) groups is 1. The lowest BCUT2D eigenvalue weighted by Crippen LogP contribution is -2.52. The maximum Gasteiger partial charge on any atom is 0.323 e. The van der Waals surface area contributed by atoms with Gasteiger partial charge in [-0.3, -0.25) is 4.79 Å². The van der Waals surface area contributed by atoms with Crippen LogP contribution in [-0.4, -0.2) is 47.2 Å². The van der Waals surface area contributed by atoms with Gasteiger partial charge < -0.3 is 15.3 Å². The summed E-state index contributed by atoms with van der Waals surface area (Å²) in [6, 6.07) is 0. The molecule has 0 amide bonds. The van der Waals surface area contributed by atoms with Crippen molar-refractivity contribution >= 4 is 5.97 Å². The Morgan fingerprint density at radius 1 is 1.21 bits per heavy atom. The lowest BCUT2D eigenvalue weighted by molar-refractivity contribution is -0.145. The number of carboxylic acids is 1. The van der Waals surface area contributed by atoms with Gasteiger partial charge in [-0.1, -0.05) is 20.8 Å². The second-order valence-corrected chi connectivity index (χ2v) is 5.96. The van der Waals surface area contributed by atoms with Crippen molar-refractivity contribution in [2.75, 3.05) is 20.1 Å². The number of hydrogen-bond donors (Lipinski definition) is 2. The molecule has 0 heterocycles. The van der Waals surface area contributed by atoms with E-state index in [0.29, 0.717) is 19.4 Å². The Labute approximate surface area is 118 Å². The number of nitrogens with zero attached hydrogens (tertiary/aromatic N) is 1. The van der Waals surface area contributed by atoms with Gasteiger partial charge in [0.05, 0.1) is 0 Å². The van der Waals surface area contributed by atoms with E-state index in [4.69, 9.17) is 0 Å². The highest BCUT2D eigenvalue weighted by Gasteiger charge is 2.35. The van der Waals surface area contributed by atoms with Crippen molar-refractivity contribution in [2.24, 2.45) is 0 Å². The maximum absolute atomic E-state index is 11.5. The molecule has 0 radical (unpaired) electrons. The van der Waals surface area contributed by atoms with E-state index in [1.165, 1.54) is 0 Å². The first kappa shape index (κ1) is 18.4. The van der Waals surface area contributed by atoms with Crippen molar-refractivity contribution in [1.82, 2.24) is 10.2 Å². The van der Waals surface area contributed by atoms with Crippen LogP contribution in [0.4, 0.5) is 0 Å². The molecule has 4 heteroatoms. The summed E-state index contributed by atoms with van der Waals surface area (Å²) in [5.41, 5.74) is -0.581. The Morgan fingerprint density at radius 2 is 1.79 bits per heavy atom. The fourth-order valence-electron chi connectivity index (χ4n) is 2.25. The summed E-state index contributed by atoms with van der Waals surface area (Å²) >= 11 is 0. The van der Waals surface area contributed by atoms with Gasteiger partial charge in [-0.2, -0.15) is 0 Å². The third kappa shape index (κ3) is 5.11. The number of rotatable bonds is 10. The van der Waals surface area contributed by atoms with E-state index in [-0.39, 0.29) is 5.54 Å². The highest BCUT2D eigenvalue weighted by Crippen LogP contribution is 2.21. The molecular formula is C15H32N2O2. The van der Waals surface area contributed by atoms with E-state index in [9.17, 15) is 9.90 Å². The minimum absolute atomic E-state index is 0.177. The van der Waals surface area contributed by atoms with Crippen molar-refractivity contribution in [3.05, 3.63) is 0 Å². The van der Waals surface area contributed by atoms with Crippen LogP contribution in [0.2, 0.25) is 0 Å². The van der Waals surface area contributed by atoms with Crippen molar-refractivity contribution < 1.29 is 9.90 Å². The highest BCUT2D eigenvalue weighted by atomic mass is 16.4. The number of hydrogen-bond acceptors (Lipinski definition) is 3. The fraction of sp³-hybridized carbons (Fsp3) is 0.933. The molecule has 4 nitrogen and oxygen atoms in total. The van der Waals surface area contributed by atoms with Crippen LogP contribution in [0.15, 0.2) is 0 Å². The van der Waals surface area contributed by atoms with E-state index >= 15 is 0 Å². The number of carboxylic acid groups (broad SMARTS) is 1. The van der Waals surface area contributed by atoms with Crippen molar-refractivity contribution in [3.63, 3.8) is 0 Å². The Morgan fingerprint density at radius 3 is 2.16 bits per heavy atom. The van der Waals surface area contributed by atoms with Crippen LogP contribution in [0.5, 0.6) is 0 Å². The molecule has 0 aliphatic rings. The summed E-state index contributed by atoms with van der Waals surface area (Å²) in [5.74, 6) is -0.728. The second kappa shape index (κ2) is 7.85. The predicted molar refractivity (Wildman–Crippen MR) is 80.6 cm³/mol. The lowest BCUT2D eigenvalue weighted by atomic mass is 9.89. The fourth-order valence-corrected chi connectivity index (χ4v) is 2.25. The van der Waals surface area contributed by atoms with Gasteiger partial charge in [-0.05, 0) is 59.7 Å². The molecule has 0 aromatic rings. The standard InChI is InChI=1S/C15H32N2O2/c1-7-14(4,5)17(6)12-10-11-15(8-2,13(18)19)16-9-3/h16H,7-12H2,1-6H3,(H,18,19). The first-order chi connectivity index (χ1) is 8.75. The molecule has 0 bridgehead atoms. The Bertz CT molecular complexity index is 279.